The molecule has 0 radical (unpaired) electrons. The van der Waals surface area contributed by atoms with Gasteiger partial charge in [0.1, 0.15) is 5.60 Å². The summed E-state index contributed by atoms with van der Waals surface area (Å²) in [7, 11) is 0. The number of amides is 1. The molecule has 1 N–H and O–H groups in total. The Morgan fingerprint density at radius 3 is 2.88 bits per heavy atom. The van der Waals surface area contributed by atoms with Gasteiger partial charge in [0.05, 0.1) is 6.04 Å². The van der Waals surface area contributed by atoms with Gasteiger partial charge >= 0.3 is 0 Å². The minimum atomic E-state index is -0.226. The van der Waals surface area contributed by atoms with Crippen LogP contribution in [0.2, 0.25) is 0 Å². The van der Waals surface area contributed by atoms with Crippen LogP contribution in [-0.2, 0) is 17.6 Å². The number of ether oxygens (including phenoxy) is 2. The summed E-state index contributed by atoms with van der Waals surface area (Å²) in [5, 5.41) is 3.12. The minimum Gasteiger partial charge on any atom is -0.483 e. The minimum absolute atomic E-state index is 0.00108. The van der Waals surface area contributed by atoms with Crippen LogP contribution in [0.15, 0.2) is 42.5 Å². The Labute approximate surface area is 154 Å². The standard InChI is InChI=1S/C22H25NO3/c1-22(2)13-16-9-6-12-19(21(16)26-22)25-14-20(24)23-18-11-5-8-15-7-3-4-10-17(15)18/h3-4,6-7,9-10,12,18H,5,8,11,13-14H2,1-2H3,(H,23,24)/t18-/m1/s1. The average molecular weight is 351 g/mol. The van der Waals surface area contributed by atoms with E-state index in [4.69, 9.17) is 9.47 Å². The lowest BCUT2D eigenvalue weighted by Crippen LogP contribution is -2.34. The molecule has 2 aromatic carbocycles. The maximum atomic E-state index is 12.4. The van der Waals surface area contributed by atoms with E-state index in [1.54, 1.807) is 0 Å². The SMILES string of the molecule is CC1(C)Cc2cccc(OCC(=O)N[C@@H]3CCCc4ccccc43)c2O1. The summed E-state index contributed by atoms with van der Waals surface area (Å²) < 4.78 is 11.8. The van der Waals surface area contributed by atoms with Crippen molar-refractivity contribution >= 4 is 5.91 Å². The number of fused-ring (bicyclic) bond motifs is 2. The second kappa shape index (κ2) is 6.67. The van der Waals surface area contributed by atoms with Crippen LogP contribution in [0.4, 0.5) is 0 Å². The molecular formula is C22H25NO3. The second-order valence-corrected chi connectivity index (χ2v) is 7.78. The largest absolute Gasteiger partial charge is 0.483 e. The van der Waals surface area contributed by atoms with Crippen molar-refractivity contribution in [3.63, 3.8) is 0 Å². The zero-order chi connectivity index (χ0) is 18.1. The first kappa shape index (κ1) is 17.0. The van der Waals surface area contributed by atoms with Crippen LogP contribution in [0.5, 0.6) is 11.5 Å². The summed E-state index contributed by atoms with van der Waals surface area (Å²) in [5.41, 5.74) is 3.48. The van der Waals surface area contributed by atoms with Crippen LogP contribution in [0.3, 0.4) is 0 Å². The molecular weight excluding hydrogens is 326 g/mol. The highest BCUT2D eigenvalue weighted by Crippen LogP contribution is 2.41. The highest BCUT2D eigenvalue weighted by molar-refractivity contribution is 5.78. The molecule has 1 aliphatic carbocycles. The number of hydrogen-bond donors (Lipinski definition) is 1. The van der Waals surface area contributed by atoms with Gasteiger partial charge in [0.25, 0.3) is 5.91 Å². The number of rotatable bonds is 4. The van der Waals surface area contributed by atoms with E-state index < -0.39 is 0 Å². The molecule has 136 valence electrons. The van der Waals surface area contributed by atoms with Gasteiger partial charge in [-0.3, -0.25) is 4.79 Å². The van der Waals surface area contributed by atoms with Gasteiger partial charge in [-0.1, -0.05) is 36.4 Å². The van der Waals surface area contributed by atoms with Crippen molar-refractivity contribution in [2.24, 2.45) is 0 Å². The highest BCUT2D eigenvalue weighted by Gasteiger charge is 2.32. The van der Waals surface area contributed by atoms with Gasteiger partial charge in [0.2, 0.25) is 0 Å². The van der Waals surface area contributed by atoms with Crippen molar-refractivity contribution < 1.29 is 14.3 Å². The zero-order valence-electron chi connectivity index (χ0n) is 15.4. The fraction of sp³-hybridized carbons (Fsp3) is 0.409. The average Bonchev–Trinajstić information content (AvgIpc) is 2.94. The van der Waals surface area contributed by atoms with Gasteiger partial charge in [-0.25, -0.2) is 0 Å². The lowest BCUT2D eigenvalue weighted by molar-refractivity contribution is -0.124. The van der Waals surface area contributed by atoms with E-state index in [0.717, 1.165) is 37.0 Å². The Balaban J connectivity index is 1.40. The van der Waals surface area contributed by atoms with Crippen LogP contribution < -0.4 is 14.8 Å². The summed E-state index contributed by atoms with van der Waals surface area (Å²) in [6.45, 7) is 4.12. The van der Waals surface area contributed by atoms with E-state index in [0.29, 0.717) is 5.75 Å². The fourth-order valence-electron chi connectivity index (χ4n) is 3.98. The van der Waals surface area contributed by atoms with Crippen LogP contribution >= 0.6 is 0 Å². The third kappa shape index (κ3) is 3.41. The van der Waals surface area contributed by atoms with Crippen LogP contribution in [0.1, 0.15) is 49.4 Å². The molecule has 2 aromatic rings. The number of hydrogen-bond acceptors (Lipinski definition) is 3. The molecule has 4 rings (SSSR count). The molecule has 1 amide bonds. The lowest BCUT2D eigenvalue weighted by Gasteiger charge is -2.26. The smallest absolute Gasteiger partial charge is 0.258 e. The van der Waals surface area contributed by atoms with E-state index in [1.807, 2.05) is 18.2 Å². The van der Waals surface area contributed by atoms with Crippen molar-refractivity contribution in [1.82, 2.24) is 5.32 Å². The van der Waals surface area contributed by atoms with Gasteiger partial charge in [-0.15, -0.1) is 0 Å². The topological polar surface area (TPSA) is 47.6 Å². The molecule has 0 saturated heterocycles. The van der Waals surface area contributed by atoms with Crippen LogP contribution in [0, 0.1) is 0 Å². The molecule has 1 heterocycles. The van der Waals surface area contributed by atoms with E-state index in [-0.39, 0.29) is 24.2 Å². The van der Waals surface area contributed by atoms with Crippen molar-refractivity contribution in [2.45, 2.75) is 51.2 Å². The first-order valence-electron chi connectivity index (χ1n) is 9.33. The Hall–Kier alpha value is -2.49. The number of benzene rings is 2. The van der Waals surface area contributed by atoms with E-state index in [9.17, 15) is 4.79 Å². The number of aryl methyl sites for hydroxylation is 1. The van der Waals surface area contributed by atoms with Crippen molar-refractivity contribution in [3.05, 3.63) is 59.2 Å². The third-order valence-electron chi connectivity index (χ3n) is 5.12. The molecule has 4 nitrogen and oxygen atoms in total. The molecule has 0 bridgehead atoms. The number of nitrogens with one attached hydrogen (secondary N) is 1. The first-order chi connectivity index (χ1) is 12.5. The molecule has 1 atom stereocenters. The Kier molecular flexibility index (Phi) is 4.35. The monoisotopic (exact) mass is 351 g/mol. The molecule has 0 fully saturated rings. The molecule has 4 heteroatoms. The van der Waals surface area contributed by atoms with Gasteiger partial charge in [-0.2, -0.15) is 0 Å². The summed E-state index contributed by atoms with van der Waals surface area (Å²) in [6.07, 6.45) is 4.01. The molecule has 2 aliphatic rings. The molecule has 0 spiro atoms. The fourth-order valence-corrected chi connectivity index (χ4v) is 3.98. The van der Waals surface area contributed by atoms with Gasteiger partial charge in [-0.05, 0) is 50.3 Å². The van der Waals surface area contributed by atoms with Crippen LogP contribution in [-0.4, -0.2) is 18.1 Å². The summed E-state index contributed by atoms with van der Waals surface area (Å²) in [5.74, 6) is 1.32. The van der Waals surface area contributed by atoms with Crippen LogP contribution in [0.25, 0.3) is 0 Å². The normalized spacial score (nSPS) is 19.8. The molecule has 1 aliphatic heterocycles. The lowest BCUT2D eigenvalue weighted by atomic mass is 9.88. The summed E-state index contributed by atoms with van der Waals surface area (Å²) in [4.78, 5) is 12.4. The number of carbonyl (C=O) groups is 1. The van der Waals surface area contributed by atoms with E-state index >= 15 is 0 Å². The Morgan fingerprint density at radius 2 is 2.00 bits per heavy atom. The quantitative estimate of drug-likeness (QED) is 0.907. The molecule has 0 unspecified atom stereocenters. The zero-order valence-corrected chi connectivity index (χ0v) is 15.4. The molecule has 0 aromatic heterocycles. The number of carbonyl (C=O) groups excluding carboxylic acids is 1. The van der Waals surface area contributed by atoms with Gasteiger partial charge in [0, 0.05) is 12.0 Å². The van der Waals surface area contributed by atoms with Gasteiger partial charge < -0.3 is 14.8 Å². The summed E-state index contributed by atoms with van der Waals surface area (Å²) in [6, 6.07) is 14.3. The predicted octanol–water partition coefficient (Wildman–Crippen LogP) is 3.97. The highest BCUT2D eigenvalue weighted by atomic mass is 16.5. The summed E-state index contributed by atoms with van der Waals surface area (Å²) >= 11 is 0. The van der Waals surface area contributed by atoms with Crippen molar-refractivity contribution in [2.75, 3.05) is 6.61 Å². The Morgan fingerprint density at radius 1 is 1.19 bits per heavy atom. The van der Waals surface area contributed by atoms with E-state index in [2.05, 4.69) is 43.4 Å². The van der Waals surface area contributed by atoms with Gasteiger partial charge in [0.15, 0.2) is 18.1 Å². The van der Waals surface area contributed by atoms with Crippen molar-refractivity contribution in [1.29, 1.82) is 0 Å². The maximum absolute atomic E-state index is 12.4. The molecule has 0 saturated carbocycles. The maximum Gasteiger partial charge on any atom is 0.258 e. The Bertz CT molecular complexity index is 828. The second-order valence-electron chi connectivity index (χ2n) is 7.78. The first-order valence-corrected chi connectivity index (χ1v) is 9.33. The number of para-hydroxylation sites is 1. The predicted molar refractivity (Wildman–Crippen MR) is 101 cm³/mol. The van der Waals surface area contributed by atoms with Crippen molar-refractivity contribution in [3.8, 4) is 11.5 Å². The molecule has 26 heavy (non-hydrogen) atoms. The van der Waals surface area contributed by atoms with E-state index in [1.165, 1.54) is 11.1 Å². The third-order valence-corrected chi connectivity index (χ3v) is 5.12.